The predicted molar refractivity (Wildman–Crippen MR) is 85.6 cm³/mol. The molecule has 1 aromatic carbocycles. The highest BCUT2D eigenvalue weighted by molar-refractivity contribution is 6.31. The second kappa shape index (κ2) is 5.85. The lowest BCUT2D eigenvalue weighted by Gasteiger charge is -2.47. The normalized spacial score (nSPS) is 26.5. The van der Waals surface area contributed by atoms with Gasteiger partial charge in [-0.2, -0.15) is 0 Å². The van der Waals surface area contributed by atoms with E-state index >= 15 is 0 Å². The number of piperazine rings is 1. The van der Waals surface area contributed by atoms with Gasteiger partial charge in [0, 0.05) is 35.9 Å². The van der Waals surface area contributed by atoms with E-state index in [4.69, 9.17) is 17.3 Å². The third-order valence-corrected chi connectivity index (χ3v) is 4.93. The van der Waals surface area contributed by atoms with Crippen molar-refractivity contribution in [2.24, 2.45) is 0 Å². The fourth-order valence-corrected chi connectivity index (χ4v) is 3.68. The van der Waals surface area contributed by atoms with Crippen molar-refractivity contribution < 1.29 is 4.79 Å². The van der Waals surface area contributed by atoms with E-state index in [-0.39, 0.29) is 11.9 Å². The van der Waals surface area contributed by atoms with Gasteiger partial charge in [0.2, 0.25) is 0 Å². The Morgan fingerprint density at radius 2 is 2.14 bits per heavy atom. The van der Waals surface area contributed by atoms with Crippen LogP contribution < -0.4 is 5.73 Å². The molecule has 21 heavy (non-hydrogen) atoms. The minimum absolute atomic E-state index is 0.00715. The first kappa shape index (κ1) is 14.7. The molecule has 2 fully saturated rings. The zero-order chi connectivity index (χ0) is 15.0. The highest BCUT2D eigenvalue weighted by atomic mass is 35.5. The monoisotopic (exact) mass is 307 g/mol. The predicted octanol–water partition coefficient (Wildman–Crippen LogP) is 2.62. The Morgan fingerprint density at radius 1 is 1.33 bits per heavy atom. The summed E-state index contributed by atoms with van der Waals surface area (Å²) in [6.07, 6.45) is 3.72. The van der Waals surface area contributed by atoms with Gasteiger partial charge in [0.15, 0.2) is 0 Å². The number of fused-ring (bicyclic) bond motifs is 1. The first-order chi connectivity index (χ1) is 10.1. The third-order valence-electron chi connectivity index (χ3n) is 4.69. The molecule has 2 saturated heterocycles. The molecule has 5 heteroatoms. The Hall–Kier alpha value is -1.26. The number of piperidine rings is 1. The maximum Gasteiger partial charge on any atom is 0.256 e. The molecular formula is C16H22ClN3O. The number of rotatable bonds is 1. The van der Waals surface area contributed by atoms with Crippen LogP contribution in [0, 0.1) is 0 Å². The number of amides is 1. The maximum absolute atomic E-state index is 12.8. The molecule has 0 saturated carbocycles. The van der Waals surface area contributed by atoms with Gasteiger partial charge < -0.3 is 10.6 Å². The quantitative estimate of drug-likeness (QED) is 0.811. The largest absolute Gasteiger partial charge is 0.398 e. The number of hydrogen-bond acceptors (Lipinski definition) is 3. The van der Waals surface area contributed by atoms with Crippen molar-refractivity contribution in [1.82, 2.24) is 9.80 Å². The van der Waals surface area contributed by atoms with Crippen molar-refractivity contribution in [3.8, 4) is 0 Å². The second-order valence-electron chi connectivity index (χ2n) is 6.18. The minimum atomic E-state index is 0.00715. The highest BCUT2D eigenvalue weighted by Gasteiger charge is 2.35. The zero-order valence-electron chi connectivity index (χ0n) is 12.4. The molecule has 2 unspecified atom stereocenters. The minimum Gasteiger partial charge on any atom is -0.398 e. The molecule has 2 heterocycles. The molecular weight excluding hydrogens is 286 g/mol. The van der Waals surface area contributed by atoms with Crippen molar-refractivity contribution in [3.05, 3.63) is 28.8 Å². The molecule has 1 aromatic rings. The molecule has 0 aromatic heterocycles. The molecule has 2 N–H and O–H groups in total. The number of benzene rings is 1. The summed E-state index contributed by atoms with van der Waals surface area (Å²) in [6.45, 7) is 5.03. The summed E-state index contributed by atoms with van der Waals surface area (Å²) < 4.78 is 0. The smallest absolute Gasteiger partial charge is 0.256 e. The van der Waals surface area contributed by atoms with Gasteiger partial charge in [-0.25, -0.2) is 0 Å². The van der Waals surface area contributed by atoms with E-state index in [2.05, 4.69) is 11.8 Å². The van der Waals surface area contributed by atoms with Gasteiger partial charge in [0.05, 0.1) is 5.56 Å². The van der Waals surface area contributed by atoms with Crippen LogP contribution in [0.3, 0.4) is 0 Å². The fraction of sp³-hybridized carbons (Fsp3) is 0.562. The van der Waals surface area contributed by atoms with Gasteiger partial charge in [-0.1, -0.05) is 18.0 Å². The molecule has 0 spiro atoms. The number of carbonyl (C=O) groups is 1. The SMILES string of the molecule is CC1CN2CCCCC2CN1C(=O)c1cc(Cl)ccc1N. The van der Waals surface area contributed by atoms with Gasteiger partial charge >= 0.3 is 0 Å². The van der Waals surface area contributed by atoms with Crippen LogP contribution in [0.4, 0.5) is 5.69 Å². The van der Waals surface area contributed by atoms with Gasteiger partial charge in [-0.3, -0.25) is 9.69 Å². The number of anilines is 1. The van der Waals surface area contributed by atoms with Crippen molar-refractivity contribution in [2.75, 3.05) is 25.4 Å². The van der Waals surface area contributed by atoms with Crippen molar-refractivity contribution in [1.29, 1.82) is 0 Å². The summed E-state index contributed by atoms with van der Waals surface area (Å²) in [4.78, 5) is 17.3. The van der Waals surface area contributed by atoms with Crippen LogP contribution in [-0.4, -0.2) is 47.4 Å². The maximum atomic E-state index is 12.8. The third kappa shape index (κ3) is 2.87. The Morgan fingerprint density at radius 3 is 2.95 bits per heavy atom. The number of halogens is 1. The summed E-state index contributed by atoms with van der Waals surface area (Å²) in [5.74, 6) is 0.00715. The molecule has 2 aliphatic rings. The van der Waals surface area contributed by atoms with Gasteiger partial charge in [0.25, 0.3) is 5.91 Å². The lowest BCUT2D eigenvalue weighted by molar-refractivity contribution is 0.0152. The van der Waals surface area contributed by atoms with Crippen LogP contribution in [0.2, 0.25) is 5.02 Å². The molecule has 2 atom stereocenters. The Bertz CT molecular complexity index is 548. The van der Waals surface area contributed by atoms with Crippen molar-refractivity contribution in [2.45, 2.75) is 38.3 Å². The van der Waals surface area contributed by atoms with E-state index in [0.29, 0.717) is 22.3 Å². The molecule has 0 aliphatic carbocycles. The first-order valence-corrected chi connectivity index (χ1v) is 8.04. The topological polar surface area (TPSA) is 49.6 Å². The average Bonchev–Trinajstić information content (AvgIpc) is 2.48. The second-order valence-corrected chi connectivity index (χ2v) is 6.62. The van der Waals surface area contributed by atoms with E-state index in [1.165, 1.54) is 19.3 Å². The van der Waals surface area contributed by atoms with Crippen molar-refractivity contribution in [3.63, 3.8) is 0 Å². The van der Waals surface area contributed by atoms with Crippen LogP contribution in [0.1, 0.15) is 36.5 Å². The summed E-state index contributed by atoms with van der Waals surface area (Å²) in [5.41, 5.74) is 6.99. The molecule has 0 radical (unpaired) electrons. The van der Waals surface area contributed by atoms with E-state index in [9.17, 15) is 4.79 Å². The first-order valence-electron chi connectivity index (χ1n) is 7.66. The molecule has 1 amide bonds. The van der Waals surface area contributed by atoms with Gasteiger partial charge in [0.1, 0.15) is 0 Å². The van der Waals surface area contributed by atoms with Crippen LogP contribution >= 0.6 is 11.6 Å². The van der Waals surface area contributed by atoms with E-state index < -0.39 is 0 Å². The summed E-state index contributed by atoms with van der Waals surface area (Å²) >= 11 is 6.01. The van der Waals surface area contributed by atoms with E-state index in [1.54, 1.807) is 18.2 Å². The number of nitrogen functional groups attached to an aromatic ring is 1. The lowest BCUT2D eigenvalue weighted by Crippen LogP contribution is -2.60. The molecule has 114 valence electrons. The fourth-order valence-electron chi connectivity index (χ4n) is 3.50. The average molecular weight is 308 g/mol. The molecule has 2 aliphatic heterocycles. The molecule has 3 rings (SSSR count). The number of nitrogens with zero attached hydrogens (tertiary/aromatic N) is 2. The summed E-state index contributed by atoms with van der Waals surface area (Å²) in [5, 5.41) is 0.552. The van der Waals surface area contributed by atoms with E-state index in [1.807, 2.05) is 4.90 Å². The van der Waals surface area contributed by atoms with Crippen LogP contribution in [0.5, 0.6) is 0 Å². The summed E-state index contributed by atoms with van der Waals surface area (Å²) in [7, 11) is 0. The number of nitrogens with two attached hydrogens (primary N) is 1. The number of hydrogen-bond donors (Lipinski definition) is 1. The van der Waals surface area contributed by atoms with Gasteiger partial charge in [-0.15, -0.1) is 0 Å². The van der Waals surface area contributed by atoms with E-state index in [0.717, 1.165) is 19.6 Å². The molecule has 4 nitrogen and oxygen atoms in total. The van der Waals surface area contributed by atoms with Crippen LogP contribution in [0.15, 0.2) is 18.2 Å². The van der Waals surface area contributed by atoms with Crippen molar-refractivity contribution >= 4 is 23.2 Å². The Kier molecular flexibility index (Phi) is 4.09. The van der Waals surface area contributed by atoms with Crippen LogP contribution in [0.25, 0.3) is 0 Å². The number of carbonyl (C=O) groups excluding carboxylic acids is 1. The standard InChI is InChI=1S/C16H22ClN3O/c1-11-9-19-7-3-2-4-13(19)10-20(11)16(21)14-8-12(17)5-6-15(14)18/h5-6,8,11,13H,2-4,7,9-10,18H2,1H3. The Labute approximate surface area is 130 Å². The highest BCUT2D eigenvalue weighted by Crippen LogP contribution is 2.27. The Balaban J connectivity index is 1.82. The zero-order valence-corrected chi connectivity index (χ0v) is 13.1. The van der Waals surface area contributed by atoms with Gasteiger partial charge in [-0.05, 0) is 44.5 Å². The summed E-state index contributed by atoms with van der Waals surface area (Å²) in [6, 6.07) is 5.82. The lowest BCUT2D eigenvalue weighted by atomic mass is 9.96. The molecule has 0 bridgehead atoms. The van der Waals surface area contributed by atoms with Crippen LogP contribution in [-0.2, 0) is 0 Å².